The van der Waals surface area contributed by atoms with Gasteiger partial charge in [0.2, 0.25) is 0 Å². The number of hydrogen-bond acceptors (Lipinski definition) is 2. The van der Waals surface area contributed by atoms with Crippen molar-refractivity contribution in [2.45, 2.75) is 39.5 Å². The molecule has 0 aromatic carbocycles. The van der Waals surface area contributed by atoms with Crippen LogP contribution in [0, 0.1) is 0 Å². The molecule has 11 heavy (non-hydrogen) atoms. The summed E-state index contributed by atoms with van der Waals surface area (Å²) in [5.41, 5.74) is 0. The molecule has 1 nitrogen and oxygen atoms in total. The lowest BCUT2D eigenvalue weighted by molar-refractivity contribution is 0.726. The Morgan fingerprint density at radius 2 is 2.27 bits per heavy atom. The van der Waals surface area contributed by atoms with Crippen LogP contribution in [0.5, 0.6) is 0 Å². The normalized spacial score (nSPS) is 13.4. The zero-order valence-corrected chi connectivity index (χ0v) is 8.24. The molecule has 2 heteroatoms. The third-order valence-electron chi connectivity index (χ3n) is 1.95. The molecule has 0 saturated carbocycles. The minimum absolute atomic E-state index is 0.639. The van der Waals surface area contributed by atoms with E-state index in [0.29, 0.717) is 5.92 Å². The van der Waals surface area contributed by atoms with Gasteiger partial charge in [-0.25, -0.2) is 4.98 Å². The number of aryl methyl sites for hydroxylation is 1. The zero-order chi connectivity index (χ0) is 8.27. The molecule has 0 radical (unpaired) electrons. The average Bonchev–Trinajstić information content (AvgIpc) is 2.50. The van der Waals surface area contributed by atoms with Gasteiger partial charge in [-0.05, 0) is 12.8 Å². The first-order valence-corrected chi connectivity index (χ1v) is 5.04. The fourth-order valence-corrected chi connectivity index (χ4v) is 1.88. The molecule has 0 spiro atoms. The van der Waals surface area contributed by atoms with E-state index in [9.17, 15) is 0 Å². The van der Waals surface area contributed by atoms with Crippen LogP contribution < -0.4 is 0 Å². The molecule has 0 bridgehead atoms. The van der Waals surface area contributed by atoms with E-state index < -0.39 is 0 Å². The van der Waals surface area contributed by atoms with E-state index in [1.54, 1.807) is 0 Å². The summed E-state index contributed by atoms with van der Waals surface area (Å²) in [6, 6.07) is 0. The molecular formula is C9H15NS. The maximum atomic E-state index is 4.38. The van der Waals surface area contributed by atoms with Gasteiger partial charge in [-0.2, -0.15) is 0 Å². The highest BCUT2D eigenvalue weighted by molar-refractivity contribution is 7.11. The van der Waals surface area contributed by atoms with Gasteiger partial charge in [0.25, 0.3) is 0 Å². The van der Waals surface area contributed by atoms with Crippen LogP contribution in [-0.4, -0.2) is 4.98 Å². The summed E-state index contributed by atoms with van der Waals surface area (Å²) in [4.78, 5) is 5.78. The van der Waals surface area contributed by atoms with Crippen molar-refractivity contribution in [3.05, 3.63) is 16.1 Å². The SMILES string of the molecule is CCc1cnc(C(C)CC)s1. The van der Waals surface area contributed by atoms with Gasteiger partial charge in [0.15, 0.2) is 0 Å². The Morgan fingerprint density at radius 1 is 1.55 bits per heavy atom. The molecule has 0 N–H and O–H groups in total. The summed E-state index contributed by atoms with van der Waals surface area (Å²) in [5.74, 6) is 0.639. The van der Waals surface area contributed by atoms with Crippen molar-refractivity contribution in [2.24, 2.45) is 0 Å². The largest absolute Gasteiger partial charge is 0.249 e. The summed E-state index contributed by atoms with van der Waals surface area (Å²) in [6.45, 7) is 6.61. The van der Waals surface area contributed by atoms with Gasteiger partial charge in [-0.15, -0.1) is 11.3 Å². The maximum Gasteiger partial charge on any atom is 0.0955 e. The van der Waals surface area contributed by atoms with Crippen LogP contribution in [0.3, 0.4) is 0 Å². The monoisotopic (exact) mass is 169 g/mol. The van der Waals surface area contributed by atoms with Crippen molar-refractivity contribution in [1.82, 2.24) is 4.98 Å². The number of thiazole rings is 1. The predicted molar refractivity (Wildman–Crippen MR) is 50.2 cm³/mol. The van der Waals surface area contributed by atoms with Crippen LogP contribution >= 0.6 is 11.3 Å². The van der Waals surface area contributed by atoms with E-state index in [2.05, 4.69) is 25.8 Å². The third-order valence-corrected chi connectivity index (χ3v) is 3.33. The minimum Gasteiger partial charge on any atom is -0.249 e. The Bertz CT molecular complexity index is 217. The standard InChI is InChI=1S/C9H15NS/c1-4-7(3)9-10-6-8(5-2)11-9/h6-7H,4-5H2,1-3H3. The Balaban J connectivity index is 2.71. The van der Waals surface area contributed by atoms with Crippen LogP contribution in [0.1, 0.15) is 43.0 Å². The summed E-state index contributed by atoms with van der Waals surface area (Å²) < 4.78 is 0. The van der Waals surface area contributed by atoms with Gasteiger partial charge < -0.3 is 0 Å². The van der Waals surface area contributed by atoms with Gasteiger partial charge in [0.05, 0.1) is 5.01 Å². The third kappa shape index (κ3) is 2.03. The molecule has 0 aliphatic rings. The molecular weight excluding hydrogens is 154 g/mol. The lowest BCUT2D eigenvalue weighted by Crippen LogP contribution is -1.87. The Hall–Kier alpha value is -0.370. The van der Waals surface area contributed by atoms with Crippen LogP contribution in [0.4, 0.5) is 0 Å². The molecule has 62 valence electrons. The van der Waals surface area contributed by atoms with Crippen LogP contribution in [0.2, 0.25) is 0 Å². The van der Waals surface area contributed by atoms with Crippen molar-refractivity contribution in [3.63, 3.8) is 0 Å². The second kappa shape index (κ2) is 3.86. The summed E-state index contributed by atoms with van der Waals surface area (Å²) in [7, 11) is 0. The molecule has 1 heterocycles. The maximum absolute atomic E-state index is 4.38. The van der Waals surface area contributed by atoms with E-state index in [-0.39, 0.29) is 0 Å². The molecule has 1 rings (SSSR count). The first-order valence-electron chi connectivity index (χ1n) is 4.22. The van der Waals surface area contributed by atoms with Crippen molar-refractivity contribution in [1.29, 1.82) is 0 Å². The van der Waals surface area contributed by atoms with Crippen molar-refractivity contribution in [3.8, 4) is 0 Å². The summed E-state index contributed by atoms with van der Waals surface area (Å²) in [5, 5.41) is 1.30. The van der Waals surface area contributed by atoms with E-state index in [4.69, 9.17) is 0 Å². The second-order valence-corrected chi connectivity index (χ2v) is 3.97. The fraction of sp³-hybridized carbons (Fsp3) is 0.667. The summed E-state index contributed by atoms with van der Waals surface area (Å²) in [6.07, 6.45) is 4.32. The Kier molecular flexibility index (Phi) is 3.06. The zero-order valence-electron chi connectivity index (χ0n) is 7.42. The molecule has 0 saturated heterocycles. The molecule has 0 aliphatic carbocycles. The smallest absolute Gasteiger partial charge is 0.0955 e. The number of hydrogen-bond donors (Lipinski definition) is 0. The molecule has 1 aromatic rings. The van der Waals surface area contributed by atoms with Crippen molar-refractivity contribution in [2.75, 3.05) is 0 Å². The minimum atomic E-state index is 0.639. The van der Waals surface area contributed by atoms with Crippen LogP contribution in [-0.2, 0) is 6.42 Å². The fourth-order valence-electron chi connectivity index (χ4n) is 0.889. The Labute approximate surface area is 72.5 Å². The van der Waals surface area contributed by atoms with Gasteiger partial charge in [-0.3, -0.25) is 0 Å². The van der Waals surface area contributed by atoms with Crippen LogP contribution in [0.25, 0.3) is 0 Å². The quantitative estimate of drug-likeness (QED) is 0.677. The van der Waals surface area contributed by atoms with Crippen LogP contribution in [0.15, 0.2) is 6.20 Å². The highest BCUT2D eigenvalue weighted by Crippen LogP contribution is 2.23. The molecule has 1 aromatic heterocycles. The number of rotatable bonds is 3. The predicted octanol–water partition coefficient (Wildman–Crippen LogP) is 3.22. The average molecular weight is 169 g/mol. The highest BCUT2D eigenvalue weighted by Gasteiger charge is 2.06. The lowest BCUT2D eigenvalue weighted by Gasteiger charge is -2.01. The molecule has 1 atom stereocenters. The number of aromatic nitrogens is 1. The molecule has 0 amide bonds. The Morgan fingerprint density at radius 3 is 2.73 bits per heavy atom. The van der Waals surface area contributed by atoms with E-state index in [1.807, 2.05) is 17.5 Å². The molecule has 0 aliphatic heterocycles. The van der Waals surface area contributed by atoms with Gasteiger partial charge in [-0.1, -0.05) is 20.8 Å². The van der Waals surface area contributed by atoms with Crippen molar-refractivity contribution >= 4 is 11.3 Å². The first-order chi connectivity index (χ1) is 5.27. The van der Waals surface area contributed by atoms with Gasteiger partial charge >= 0.3 is 0 Å². The molecule has 1 unspecified atom stereocenters. The van der Waals surface area contributed by atoms with Crippen molar-refractivity contribution < 1.29 is 0 Å². The molecule has 0 fully saturated rings. The van der Waals surface area contributed by atoms with Gasteiger partial charge in [0.1, 0.15) is 0 Å². The van der Waals surface area contributed by atoms with E-state index in [0.717, 1.165) is 6.42 Å². The number of nitrogens with zero attached hydrogens (tertiary/aromatic N) is 1. The second-order valence-electron chi connectivity index (χ2n) is 2.83. The first kappa shape index (κ1) is 8.72. The van der Waals surface area contributed by atoms with E-state index in [1.165, 1.54) is 16.3 Å². The summed E-state index contributed by atoms with van der Waals surface area (Å²) >= 11 is 1.85. The van der Waals surface area contributed by atoms with Gasteiger partial charge in [0, 0.05) is 17.0 Å². The highest BCUT2D eigenvalue weighted by atomic mass is 32.1. The van der Waals surface area contributed by atoms with E-state index >= 15 is 0 Å². The topological polar surface area (TPSA) is 12.9 Å². The lowest BCUT2D eigenvalue weighted by atomic mass is 10.1.